The third kappa shape index (κ3) is 3.67. The fourth-order valence-corrected chi connectivity index (χ4v) is 32.2. The Balaban J connectivity index is 0.000000771. The minimum Gasteiger partial charge on any atom is -0.130 e. The maximum atomic E-state index is 4.64. The zero-order valence-corrected chi connectivity index (χ0v) is 17.7. The van der Waals surface area contributed by atoms with E-state index in [9.17, 15) is 0 Å². The van der Waals surface area contributed by atoms with Crippen LogP contribution in [0.1, 0.15) is 26.7 Å². The van der Waals surface area contributed by atoms with Gasteiger partial charge in [0.1, 0.15) is 0 Å². The Morgan fingerprint density at radius 1 is 0.944 bits per heavy atom. The Morgan fingerprint density at radius 3 is 1.56 bits per heavy atom. The van der Waals surface area contributed by atoms with E-state index in [2.05, 4.69) is 62.8 Å². The minimum absolute atomic E-state index is 0.452. The molecule has 99 valence electrons. The van der Waals surface area contributed by atoms with E-state index in [1.54, 1.807) is 11.1 Å². The van der Waals surface area contributed by atoms with Crippen LogP contribution in [0, 0.1) is 0 Å². The van der Waals surface area contributed by atoms with Gasteiger partial charge in [-0.25, -0.2) is 0 Å². The summed E-state index contributed by atoms with van der Waals surface area (Å²) in [5.74, 6) is -0.452. The van der Waals surface area contributed by atoms with Gasteiger partial charge in [-0.3, -0.25) is 0 Å². The molecule has 3 heteroatoms. The normalized spacial score (nSPS) is 17.7. The second kappa shape index (κ2) is 7.81. The molecule has 0 amide bonds. The van der Waals surface area contributed by atoms with Crippen LogP contribution < -0.4 is 0 Å². The smallest absolute Gasteiger partial charge is 0.0108 e. The fraction of sp³-hybridized carbons (Fsp3) is 0.467. The van der Waals surface area contributed by atoms with Gasteiger partial charge in [0.15, 0.2) is 0 Å². The van der Waals surface area contributed by atoms with Crippen molar-refractivity contribution in [2.24, 2.45) is 0 Å². The molecule has 0 atom stereocenters. The molecule has 0 unspecified atom stereocenters. The molecule has 0 aliphatic heterocycles. The Kier molecular flexibility index (Phi) is 7.11. The van der Waals surface area contributed by atoms with E-state index in [1.165, 1.54) is 19.2 Å². The summed E-state index contributed by atoms with van der Waals surface area (Å²) in [6.07, 6.45) is 13.5. The van der Waals surface area contributed by atoms with Gasteiger partial charge in [-0.05, 0) is 0 Å². The van der Waals surface area contributed by atoms with Gasteiger partial charge in [-0.15, -0.1) is 11.6 Å². The summed E-state index contributed by atoms with van der Waals surface area (Å²) in [7, 11) is 0. The number of hydrogen-bond donors (Lipinski definition) is 0. The van der Waals surface area contributed by atoms with Crippen molar-refractivity contribution in [1.29, 1.82) is 0 Å². The van der Waals surface area contributed by atoms with Crippen LogP contribution in [-0.2, 0) is 20.6 Å². The molecular formula is C15H24ClHfSi. The van der Waals surface area contributed by atoms with Crippen LogP contribution in [0.25, 0.3) is 0 Å². The minimum atomic E-state index is -1.58. The third-order valence-electron chi connectivity index (χ3n) is 3.56. The van der Waals surface area contributed by atoms with Crippen molar-refractivity contribution in [2.75, 3.05) is 6.38 Å². The maximum absolute atomic E-state index is 4.64. The predicted molar refractivity (Wildman–Crippen MR) is 83.6 cm³/mol. The van der Waals surface area contributed by atoms with Crippen molar-refractivity contribution in [3.8, 4) is 0 Å². The number of halogens is 1. The molecule has 0 aromatic rings. The molecule has 0 nitrogen and oxygen atoms in total. The zero-order chi connectivity index (χ0) is 13.7. The van der Waals surface area contributed by atoms with E-state index in [4.69, 9.17) is 0 Å². The molecule has 0 aromatic carbocycles. The van der Waals surface area contributed by atoms with Gasteiger partial charge in [0, 0.05) is 6.38 Å². The summed E-state index contributed by atoms with van der Waals surface area (Å²) in [5.41, 5.74) is 3.24. The Hall–Kier alpha value is 0.337. The maximum Gasteiger partial charge on any atom is 0.0108 e. The monoisotopic (exact) mass is 447 g/mol. The van der Waals surface area contributed by atoms with E-state index in [-0.39, 0.29) is 0 Å². The molecule has 2 aliphatic rings. The first-order chi connectivity index (χ1) is 8.61. The molecule has 0 aromatic heterocycles. The van der Waals surface area contributed by atoms with Crippen LogP contribution in [0.3, 0.4) is 0 Å². The topological polar surface area (TPSA) is 0 Å². The molecule has 0 fully saturated rings. The van der Waals surface area contributed by atoms with Crippen molar-refractivity contribution in [2.45, 2.75) is 39.8 Å². The van der Waals surface area contributed by atoms with E-state index in [0.717, 1.165) is 0 Å². The molecule has 0 spiro atoms. The molecule has 0 saturated carbocycles. The first-order valence-corrected chi connectivity index (χ1v) is 20.0. The number of hydrogen-bond acceptors (Lipinski definition) is 0. The van der Waals surface area contributed by atoms with Crippen LogP contribution in [0.15, 0.2) is 42.1 Å². The SMILES string of the molecule is CC1=[C]([Hf]([C]2=C(C)C=CC2)[SiH](C)C)CC=C1.CCl. The molecule has 2 rings (SSSR count). The molecule has 0 bridgehead atoms. The van der Waals surface area contributed by atoms with Crippen LogP contribution in [0.4, 0.5) is 0 Å². The van der Waals surface area contributed by atoms with Crippen molar-refractivity contribution in [3.05, 3.63) is 42.1 Å². The Labute approximate surface area is 126 Å². The number of rotatable bonds is 3. The van der Waals surface area contributed by atoms with Crippen molar-refractivity contribution < 1.29 is 20.6 Å². The average Bonchev–Trinajstić information content (AvgIpc) is 2.93. The van der Waals surface area contributed by atoms with Crippen LogP contribution in [0.2, 0.25) is 13.1 Å². The largest absolute Gasteiger partial charge is 0.130 e. The standard InChI is InChI=1S/2C6H7.C2H7Si.CH3Cl.Hf/c2*1-6-4-2-3-5-6;1-3-2;1-2;/h2*2,4H,3H2,1H3;3H,1-2H3;1H3;. The van der Waals surface area contributed by atoms with Gasteiger partial charge in [0.05, 0.1) is 0 Å². The zero-order valence-electron chi connectivity index (χ0n) is 12.2. The fourth-order valence-electron chi connectivity index (χ4n) is 2.75. The molecular weight excluding hydrogens is 422 g/mol. The molecule has 0 saturated heterocycles. The van der Waals surface area contributed by atoms with E-state index < -0.39 is 26.6 Å². The summed E-state index contributed by atoms with van der Waals surface area (Å²) < 4.78 is 3.84. The van der Waals surface area contributed by atoms with E-state index in [0.29, 0.717) is 0 Å². The van der Waals surface area contributed by atoms with E-state index >= 15 is 0 Å². The first kappa shape index (κ1) is 16.4. The van der Waals surface area contributed by atoms with Crippen LogP contribution in [0.5, 0.6) is 0 Å². The van der Waals surface area contributed by atoms with Crippen LogP contribution in [-0.4, -0.2) is 12.4 Å². The van der Waals surface area contributed by atoms with E-state index in [1.807, 2.05) is 6.66 Å². The van der Waals surface area contributed by atoms with Gasteiger partial charge >= 0.3 is 108 Å². The molecule has 2 aliphatic carbocycles. The van der Waals surface area contributed by atoms with Gasteiger partial charge in [0.2, 0.25) is 0 Å². The number of allylic oxidation sites excluding steroid dienone is 8. The third-order valence-corrected chi connectivity index (χ3v) is 31.8. The Bertz CT molecular complexity index is 380. The second-order valence-electron chi connectivity index (χ2n) is 5.10. The first-order valence-electron chi connectivity index (χ1n) is 6.59. The van der Waals surface area contributed by atoms with Crippen molar-refractivity contribution in [1.82, 2.24) is 0 Å². The average molecular weight is 446 g/mol. The van der Waals surface area contributed by atoms with Crippen molar-refractivity contribution in [3.63, 3.8) is 0 Å². The Morgan fingerprint density at radius 2 is 1.33 bits per heavy atom. The summed E-state index contributed by atoms with van der Waals surface area (Å²) in [4.78, 5) is 0. The quantitative estimate of drug-likeness (QED) is 0.427. The number of alkyl halides is 1. The second-order valence-corrected chi connectivity index (χ2v) is 31.9. The summed E-state index contributed by atoms with van der Waals surface area (Å²) in [6, 6.07) is 0. The molecule has 0 radical (unpaired) electrons. The van der Waals surface area contributed by atoms with Crippen LogP contribution >= 0.6 is 11.6 Å². The molecule has 18 heavy (non-hydrogen) atoms. The van der Waals surface area contributed by atoms with Gasteiger partial charge in [0.25, 0.3) is 0 Å². The summed E-state index contributed by atoms with van der Waals surface area (Å²) >= 11 is 3.06. The predicted octanol–water partition coefficient (Wildman–Crippen LogP) is 4.91. The van der Waals surface area contributed by atoms with Gasteiger partial charge in [-0.1, -0.05) is 0 Å². The summed E-state index contributed by atoms with van der Waals surface area (Å²) in [6.45, 7) is 9.83. The van der Waals surface area contributed by atoms with Gasteiger partial charge in [-0.2, -0.15) is 0 Å². The van der Waals surface area contributed by atoms with Crippen molar-refractivity contribution >= 4 is 17.6 Å². The summed E-state index contributed by atoms with van der Waals surface area (Å²) in [5, 5.41) is 0. The molecule has 0 heterocycles. The van der Waals surface area contributed by atoms with Gasteiger partial charge < -0.3 is 0 Å². The molecule has 0 N–H and O–H groups in total.